The van der Waals surface area contributed by atoms with Gasteiger partial charge in [-0.15, -0.1) is 0 Å². The van der Waals surface area contributed by atoms with Gasteiger partial charge >= 0.3 is 0 Å². The fourth-order valence-electron chi connectivity index (χ4n) is 2.19. The van der Waals surface area contributed by atoms with Crippen molar-refractivity contribution in [3.63, 3.8) is 0 Å². The van der Waals surface area contributed by atoms with Crippen molar-refractivity contribution >= 4 is 22.7 Å². The van der Waals surface area contributed by atoms with Crippen LogP contribution in [0.15, 0.2) is 18.2 Å². The summed E-state index contributed by atoms with van der Waals surface area (Å²) in [6.45, 7) is 6.57. The third kappa shape index (κ3) is 4.16. The van der Waals surface area contributed by atoms with Gasteiger partial charge in [-0.25, -0.2) is 4.98 Å². The first-order valence-corrected chi connectivity index (χ1v) is 6.81. The summed E-state index contributed by atoms with van der Waals surface area (Å²) in [7, 11) is 0. The predicted molar refractivity (Wildman–Crippen MR) is 81.3 cm³/mol. The van der Waals surface area contributed by atoms with Crippen LogP contribution in [-0.2, 0) is 0 Å². The number of nitro benzene ring substituents is 1. The van der Waals surface area contributed by atoms with E-state index < -0.39 is 11.0 Å². The second-order valence-electron chi connectivity index (χ2n) is 6.34. The molecule has 0 saturated carbocycles. The van der Waals surface area contributed by atoms with Gasteiger partial charge < -0.3 is 15.4 Å². The summed E-state index contributed by atoms with van der Waals surface area (Å²) in [6, 6.07) is 4.46. The van der Waals surface area contributed by atoms with Gasteiger partial charge in [-0.05, 0) is 17.9 Å². The van der Waals surface area contributed by atoms with Crippen molar-refractivity contribution in [2.45, 2.75) is 33.3 Å². The van der Waals surface area contributed by atoms with Crippen molar-refractivity contribution < 1.29 is 10.0 Å². The molecule has 0 amide bonds. The Morgan fingerprint density at radius 1 is 1.48 bits per heavy atom. The summed E-state index contributed by atoms with van der Waals surface area (Å²) in [5, 5.41) is 23.7. The van der Waals surface area contributed by atoms with Crippen LogP contribution in [-0.4, -0.2) is 32.6 Å². The van der Waals surface area contributed by atoms with Gasteiger partial charge in [-0.2, -0.15) is 0 Å². The van der Waals surface area contributed by atoms with Gasteiger partial charge in [0.05, 0.1) is 22.1 Å². The van der Waals surface area contributed by atoms with Crippen LogP contribution in [0.3, 0.4) is 0 Å². The molecule has 1 unspecified atom stereocenters. The molecule has 1 aromatic carbocycles. The number of hydrogen-bond acceptors (Lipinski definition) is 5. The number of nitrogens with one attached hydrogen (secondary N) is 2. The molecule has 1 heterocycles. The number of fused-ring (bicyclic) bond motifs is 1. The van der Waals surface area contributed by atoms with E-state index in [2.05, 4.69) is 36.1 Å². The summed E-state index contributed by atoms with van der Waals surface area (Å²) in [5.41, 5.74) is 1.31. The van der Waals surface area contributed by atoms with Crippen molar-refractivity contribution in [2.24, 2.45) is 5.41 Å². The number of aliphatic hydroxyl groups excluding tert-OH is 1. The molecule has 0 spiro atoms. The van der Waals surface area contributed by atoms with Crippen molar-refractivity contribution in [3.8, 4) is 0 Å². The van der Waals surface area contributed by atoms with Crippen molar-refractivity contribution in [1.29, 1.82) is 0 Å². The number of aromatic amines is 1. The van der Waals surface area contributed by atoms with E-state index in [-0.39, 0.29) is 11.1 Å². The lowest BCUT2D eigenvalue weighted by Gasteiger charge is -2.22. The van der Waals surface area contributed by atoms with Gasteiger partial charge in [-0.3, -0.25) is 10.1 Å². The van der Waals surface area contributed by atoms with Crippen LogP contribution in [0.5, 0.6) is 0 Å². The van der Waals surface area contributed by atoms with Gasteiger partial charge in [0.25, 0.3) is 5.69 Å². The van der Waals surface area contributed by atoms with Crippen LogP contribution >= 0.6 is 0 Å². The largest absolute Gasteiger partial charge is 0.391 e. The number of imidazole rings is 1. The van der Waals surface area contributed by atoms with Gasteiger partial charge in [-0.1, -0.05) is 20.8 Å². The minimum Gasteiger partial charge on any atom is -0.391 e. The summed E-state index contributed by atoms with van der Waals surface area (Å²) in [6.07, 6.45) is 0.193. The average molecular weight is 292 g/mol. The Bertz CT molecular complexity index is 645. The average Bonchev–Trinajstić information content (AvgIpc) is 2.75. The van der Waals surface area contributed by atoms with E-state index in [0.717, 1.165) is 0 Å². The predicted octanol–water partition coefficient (Wildman–Crippen LogP) is 2.68. The lowest BCUT2D eigenvalue weighted by molar-refractivity contribution is -0.384. The van der Waals surface area contributed by atoms with Crippen LogP contribution < -0.4 is 5.32 Å². The fourth-order valence-corrected chi connectivity index (χ4v) is 2.19. The lowest BCUT2D eigenvalue weighted by Crippen LogP contribution is -2.25. The van der Waals surface area contributed by atoms with Crippen LogP contribution in [0.1, 0.15) is 27.2 Å². The molecule has 3 N–H and O–H groups in total. The monoisotopic (exact) mass is 292 g/mol. The van der Waals surface area contributed by atoms with E-state index in [1.807, 2.05) is 0 Å². The smallest absolute Gasteiger partial charge is 0.271 e. The molecular weight excluding hydrogens is 272 g/mol. The molecular formula is C14H20N4O3. The second kappa shape index (κ2) is 5.69. The maximum Gasteiger partial charge on any atom is 0.271 e. The zero-order valence-electron chi connectivity index (χ0n) is 12.4. The number of benzene rings is 1. The Hall–Kier alpha value is -2.15. The number of rotatable bonds is 5. The number of non-ortho nitro benzene ring substituents is 1. The van der Waals surface area contributed by atoms with Gasteiger partial charge in [0.2, 0.25) is 5.95 Å². The van der Waals surface area contributed by atoms with Crippen LogP contribution in [0.4, 0.5) is 11.6 Å². The van der Waals surface area contributed by atoms with E-state index in [9.17, 15) is 15.2 Å². The van der Waals surface area contributed by atoms with E-state index in [1.54, 1.807) is 6.07 Å². The molecule has 2 aromatic rings. The molecule has 0 aliphatic carbocycles. The number of H-pyrrole nitrogens is 1. The van der Waals surface area contributed by atoms with Crippen molar-refractivity contribution in [1.82, 2.24) is 9.97 Å². The Labute approximate surface area is 122 Å². The highest BCUT2D eigenvalue weighted by atomic mass is 16.6. The van der Waals surface area contributed by atoms with Gasteiger partial charge in [0, 0.05) is 18.7 Å². The second-order valence-corrected chi connectivity index (χ2v) is 6.34. The summed E-state index contributed by atoms with van der Waals surface area (Å²) in [5.74, 6) is 0.499. The van der Waals surface area contributed by atoms with Crippen molar-refractivity contribution in [3.05, 3.63) is 28.3 Å². The number of aliphatic hydroxyl groups is 1. The maximum atomic E-state index is 10.7. The number of nitro groups is 1. The summed E-state index contributed by atoms with van der Waals surface area (Å²) in [4.78, 5) is 17.5. The Kier molecular flexibility index (Phi) is 4.13. The SMILES string of the molecule is CC(C)(C)CC(O)CNc1nc2ccc([N+](=O)[O-])cc2[nH]1. The quantitative estimate of drug-likeness (QED) is 0.580. The molecule has 0 saturated heterocycles. The number of anilines is 1. The Balaban J connectivity index is 2.04. The van der Waals surface area contributed by atoms with E-state index >= 15 is 0 Å². The molecule has 1 atom stereocenters. The highest BCUT2D eigenvalue weighted by molar-refractivity contribution is 5.79. The lowest BCUT2D eigenvalue weighted by atomic mass is 9.89. The molecule has 0 aliphatic rings. The molecule has 0 radical (unpaired) electrons. The molecule has 0 fully saturated rings. The normalized spacial score (nSPS) is 13.3. The molecule has 114 valence electrons. The Morgan fingerprint density at radius 2 is 2.19 bits per heavy atom. The number of hydrogen-bond donors (Lipinski definition) is 3. The minimum absolute atomic E-state index is 0.0190. The first-order valence-electron chi connectivity index (χ1n) is 6.81. The van der Waals surface area contributed by atoms with Crippen LogP contribution in [0, 0.1) is 15.5 Å². The molecule has 21 heavy (non-hydrogen) atoms. The fraction of sp³-hybridized carbons (Fsp3) is 0.500. The highest BCUT2D eigenvalue weighted by Gasteiger charge is 2.17. The third-order valence-electron chi connectivity index (χ3n) is 3.03. The first kappa shape index (κ1) is 15.2. The van der Waals surface area contributed by atoms with E-state index in [4.69, 9.17) is 0 Å². The Morgan fingerprint density at radius 3 is 2.81 bits per heavy atom. The summed E-state index contributed by atoms with van der Waals surface area (Å²) >= 11 is 0. The number of nitrogens with zero attached hydrogens (tertiary/aromatic N) is 2. The van der Waals surface area contributed by atoms with E-state index in [0.29, 0.717) is 29.9 Å². The zero-order chi connectivity index (χ0) is 15.6. The highest BCUT2D eigenvalue weighted by Crippen LogP contribution is 2.22. The first-order chi connectivity index (χ1) is 9.74. The minimum atomic E-state index is -0.479. The topological polar surface area (TPSA) is 104 Å². The maximum absolute atomic E-state index is 10.7. The van der Waals surface area contributed by atoms with Crippen LogP contribution in [0.25, 0.3) is 11.0 Å². The van der Waals surface area contributed by atoms with Crippen LogP contribution in [0.2, 0.25) is 0 Å². The molecule has 1 aromatic heterocycles. The third-order valence-corrected chi connectivity index (χ3v) is 3.03. The standard InChI is InChI=1S/C14H20N4O3/c1-14(2,3)7-10(19)8-15-13-16-11-5-4-9(18(20)21)6-12(11)17-13/h4-6,10,19H,7-8H2,1-3H3,(H2,15,16,17). The molecule has 7 heteroatoms. The van der Waals surface area contributed by atoms with Gasteiger partial charge in [0.15, 0.2) is 0 Å². The molecule has 0 bridgehead atoms. The molecule has 0 aliphatic heterocycles. The molecule has 7 nitrogen and oxygen atoms in total. The zero-order valence-corrected chi connectivity index (χ0v) is 12.4. The molecule has 2 rings (SSSR count). The summed E-state index contributed by atoms with van der Waals surface area (Å²) < 4.78 is 0. The van der Waals surface area contributed by atoms with Gasteiger partial charge in [0.1, 0.15) is 0 Å². The number of aromatic nitrogens is 2. The van der Waals surface area contributed by atoms with E-state index in [1.165, 1.54) is 12.1 Å². The van der Waals surface area contributed by atoms with Crippen molar-refractivity contribution in [2.75, 3.05) is 11.9 Å².